The summed E-state index contributed by atoms with van der Waals surface area (Å²) in [4.78, 5) is 28.3. The Morgan fingerprint density at radius 2 is 1.83 bits per heavy atom. The number of nitrogens with zero attached hydrogens (tertiary/aromatic N) is 2. The average Bonchev–Trinajstić information content (AvgIpc) is 3.25. The lowest BCUT2D eigenvalue weighted by Gasteiger charge is -2.45. The van der Waals surface area contributed by atoms with Crippen LogP contribution in [0.5, 0.6) is 5.75 Å². The number of hydrogen-bond acceptors (Lipinski definition) is 7. The molecule has 2 aliphatic heterocycles. The van der Waals surface area contributed by atoms with Crippen molar-refractivity contribution in [2.75, 3.05) is 33.5 Å². The van der Waals surface area contributed by atoms with Crippen LogP contribution in [0.4, 0.5) is 9.18 Å². The number of likely N-dealkylation sites (tertiary alicyclic amines) is 1. The molecule has 1 N–H and O–H groups in total. The van der Waals surface area contributed by atoms with Crippen molar-refractivity contribution in [1.82, 2.24) is 15.1 Å². The SMILES string of the molecule is CN(COc1ccccc1C1CCC(OCC2N(C(C)(C)C)CCC23COC(F)C(=O)N3)CC1)C(=O)OC(C)(C)C. The maximum absolute atomic E-state index is 13.8. The van der Waals surface area contributed by atoms with Crippen molar-refractivity contribution >= 4 is 12.0 Å². The van der Waals surface area contributed by atoms with Gasteiger partial charge in [-0.2, -0.15) is 0 Å². The zero-order valence-electron chi connectivity index (χ0n) is 25.7. The van der Waals surface area contributed by atoms with Gasteiger partial charge in [0, 0.05) is 19.1 Å². The zero-order chi connectivity index (χ0) is 30.0. The minimum Gasteiger partial charge on any atom is -0.473 e. The summed E-state index contributed by atoms with van der Waals surface area (Å²) in [7, 11) is 1.66. The van der Waals surface area contributed by atoms with Gasteiger partial charge in [-0.1, -0.05) is 18.2 Å². The molecule has 41 heavy (non-hydrogen) atoms. The first-order valence-electron chi connectivity index (χ1n) is 14.8. The molecular formula is C31H48FN3O6. The molecule has 0 bridgehead atoms. The molecule has 3 aliphatic rings. The summed E-state index contributed by atoms with van der Waals surface area (Å²) in [6.45, 7) is 13.4. The lowest BCUT2D eigenvalue weighted by molar-refractivity contribution is -0.166. The smallest absolute Gasteiger partial charge is 0.412 e. The van der Waals surface area contributed by atoms with Crippen LogP contribution in [0, 0.1) is 0 Å². The van der Waals surface area contributed by atoms with Crippen molar-refractivity contribution in [3.05, 3.63) is 29.8 Å². The lowest BCUT2D eigenvalue weighted by Crippen LogP contribution is -2.67. The van der Waals surface area contributed by atoms with Gasteiger partial charge >= 0.3 is 6.09 Å². The number of morpholine rings is 1. The molecule has 1 aliphatic carbocycles. The van der Waals surface area contributed by atoms with Gasteiger partial charge in [0.1, 0.15) is 11.4 Å². The van der Waals surface area contributed by atoms with E-state index in [2.05, 4.69) is 37.1 Å². The third kappa shape index (κ3) is 7.70. The van der Waals surface area contributed by atoms with E-state index in [9.17, 15) is 14.0 Å². The molecule has 3 atom stereocenters. The fourth-order valence-electron chi connectivity index (χ4n) is 6.22. The molecule has 3 fully saturated rings. The summed E-state index contributed by atoms with van der Waals surface area (Å²) in [5.74, 6) is 0.408. The fraction of sp³-hybridized carbons (Fsp3) is 0.742. The third-order valence-corrected chi connectivity index (χ3v) is 8.38. The van der Waals surface area contributed by atoms with Crippen LogP contribution in [0.3, 0.4) is 0 Å². The molecule has 2 heterocycles. The molecule has 10 heteroatoms. The quantitative estimate of drug-likeness (QED) is 0.457. The van der Waals surface area contributed by atoms with Crippen LogP contribution in [0.2, 0.25) is 0 Å². The van der Waals surface area contributed by atoms with E-state index >= 15 is 0 Å². The number of carbonyl (C=O) groups is 2. The van der Waals surface area contributed by atoms with Gasteiger partial charge in [0.25, 0.3) is 12.3 Å². The maximum atomic E-state index is 13.8. The molecular weight excluding hydrogens is 529 g/mol. The fourth-order valence-corrected chi connectivity index (χ4v) is 6.22. The van der Waals surface area contributed by atoms with Crippen molar-refractivity contribution in [3.8, 4) is 5.75 Å². The Labute approximate surface area is 244 Å². The van der Waals surface area contributed by atoms with Gasteiger partial charge in [-0.05, 0) is 91.2 Å². The predicted molar refractivity (Wildman–Crippen MR) is 153 cm³/mol. The van der Waals surface area contributed by atoms with Crippen molar-refractivity contribution in [2.24, 2.45) is 0 Å². The van der Waals surface area contributed by atoms with Crippen LogP contribution in [0.15, 0.2) is 24.3 Å². The Kier molecular flexibility index (Phi) is 9.55. The van der Waals surface area contributed by atoms with E-state index in [-0.39, 0.29) is 31.0 Å². The first-order chi connectivity index (χ1) is 19.2. The second-order valence-electron chi connectivity index (χ2n) is 13.7. The van der Waals surface area contributed by atoms with E-state index in [0.717, 1.165) is 43.5 Å². The number of nitrogens with one attached hydrogen (secondary N) is 1. The van der Waals surface area contributed by atoms with Crippen molar-refractivity contribution in [2.45, 2.75) is 115 Å². The molecule has 2 saturated heterocycles. The Balaban J connectivity index is 1.33. The number of halogens is 1. The molecule has 1 aromatic rings. The van der Waals surface area contributed by atoms with E-state index in [1.54, 1.807) is 7.05 Å². The Morgan fingerprint density at radius 1 is 1.15 bits per heavy atom. The number of rotatable bonds is 7. The lowest BCUT2D eigenvalue weighted by atomic mass is 9.82. The Morgan fingerprint density at radius 3 is 2.46 bits per heavy atom. The summed E-state index contributed by atoms with van der Waals surface area (Å²) in [6, 6.07) is 7.91. The normalized spacial score (nSPS) is 29.3. The molecule has 3 unspecified atom stereocenters. The number of benzene rings is 1. The first kappa shape index (κ1) is 31.5. The van der Waals surface area contributed by atoms with Gasteiger partial charge in [-0.25, -0.2) is 9.18 Å². The predicted octanol–water partition coefficient (Wildman–Crippen LogP) is 4.99. The standard InChI is InChI=1S/C31H48FN3O6/c1-29(2,3)35-17-16-31(19-39-26(32)27(36)33-31)25(35)18-38-22-14-12-21(13-15-22)23-10-8-9-11-24(23)40-20-34(7)28(37)41-30(4,5)6/h8-11,21-22,25-26H,12-20H2,1-7H3,(H,33,36). The zero-order valence-corrected chi connectivity index (χ0v) is 25.7. The van der Waals surface area contributed by atoms with E-state index in [0.29, 0.717) is 18.9 Å². The highest BCUT2D eigenvalue weighted by molar-refractivity contribution is 5.81. The Bertz CT molecular complexity index is 1060. The van der Waals surface area contributed by atoms with Crippen molar-refractivity contribution in [3.63, 3.8) is 0 Å². The van der Waals surface area contributed by atoms with Gasteiger partial charge in [0.2, 0.25) is 0 Å². The molecule has 0 radical (unpaired) electrons. The summed E-state index contributed by atoms with van der Waals surface area (Å²) >= 11 is 0. The second-order valence-corrected chi connectivity index (χ2v) is 13.7. The molecule has 230 valence electrons. The van der Waals surface area contributed by atoms with Crippen molar-refractivity contribution < 1.29 is 32.9 Å². The van der Waals surface area contributed by atoms with E-state index < -0.39 is 29.5 Å². The first-order valence-corrected chi connectivity index (χ1v) is 14.8. The maximum Gasteiger partial charge on any atom is 0.412 e. The third-order valence-electron chi connectivity index (χ3n) is 8.38. The van der Waals surface area contributed by atoms with Crippen molar-refractivity contribution in [1.29, 1.82) is 0 Å². The topological polar surface area (TPSA) is 89.6 Å². The molecule has 0 aromatic heterocycles. The largest absolute Gasteiger partial charge is 0.473 e. The molecule has 9 nitrogen and oxygen atoms in total. The van der Waals surface area contributed by atoms with Crippen LogP contribution in [0.25, 0.3) is 0 Å². The summed E-state index contributed by atoms with van der Waals surface area (Å²) in [5, 5.41) is 2.95. The molecule has 4 rings (SSSR count). The highest BCUT2D eigenvalue weighted by Crippen LogP contribution is 2.40. The highest BCUT2D eigenvalue weighted by atomic mass is 19.1. The van der Waals surface area contributed by atoms with Gasteiger partial charge in [0.05, 0.1) is 30.9 Å². The summed E-state index contributed by atoms with van der Waals surface area (Å²) in [5.41, 5.74) is -0.205. The van der Waals surface area contributed by atoms with Gasteiger partial charge in [-0.3, -0.25) is 14.6 Å². The van der Waals surface area contributed by atoms with Gasteiger partial charge in [0.15, 0.2) is 6.73 Å². The van der Waals surface area contributed by atoms with Crippen LogP contribution in [-0.4, -0.2) is 90.5 Å². The van der Waals surface area contributed by atoms with E-state index in [4.69, 9.17) is 18.9 Å². The molecule has 1 aromatic carbocycles. The highest BCUT2D eigenvalue weighted by Gasteiger charge is 2.54. The minimum absolute atomic E-state index is 0.0984. The number of hydrogen-bond donors (Lipinski definition) is 1. The summed E-state index contributed by atoms with van der Waals surface area (Å²) < 4.78 is 37.1. The Hall–Kier alpha value is -2.43. The summed E-state index contributed by atoms with van der Waals surface area (Å²) in [6.07, 6.45) is 2.18. The van der Waals surface area contributed by atoms with Gasteiger partial charge in [-0.15, -0.1) is 0 Å². The van der Waals surface area contributed by atoms with E-state index in [1.807, 2.05) is 39.0 Å². The van der Waals surface area contributed by atoms with Crippen LogP contribution >= 0.6 is 0 Å². The van der Waals surface area contributed by atoms with Gasteiger partial charge < -0.3 is 24.3 Å². The number of alkyl halides is 1. The monoisotopic (exact) mass is 577 g/mol. The molecule has 2 amide bonds. The molecule has 1 saturated carbocycles. The minimum atomic E-state index is -1.91. The number of ether oxygens (including phenoxy) is 4. The van der Waals surface area contributed by atoms with Crippen LogP contribution < -0.4 is 10.1 Å². The number of para-hydroxylation sites is 1. The van der Waals surface area contributed by atoms with E-state index in [1.165, 1.54) is 4.90 Å². The van der Waals surface area contributed by atoms with Crippen LogP contribution in [-0.2, 0) is 19.0 Å². The number of amides is 2. The average molecular weight is 578 g/mol. The second kappa shape index (κ2) is 12.4. The van der Waals surface area contributed by atoms with Crippen LogP contribution in [0.1, 0.15) is 85.1 Å². The number of carbonyl (C=O) groups excluding carboxylic acids is 2. The molecule has 1 spiro atoms.